The highest BCUT2D eigenvalue weighted by Gasteiger charge is 2.56. The summed E-state index contributed by atoms with van der Waals surface area (Å²) in [5, 5.41) is 6.53. The first-order chi connectivity index (χ1) is 12.7. The molecule has 0 saturated heterocycles. The van der Waals surface area contributed by atoms with Gasteiger partial charge in [-0.15, -0.1) is 0 Å². The maximum atomic E-state index is 12.9. The highest BCUT2D eigenvalue weighted by Crippen LogP contribution is 2.47. The Kier molecular flexibility index (Phi) is 5.29. The molecule has 0 aromatic heterocycles. The fraction of sp³-hybridized carbons (Fsp3) is 0.364. The first-order valence-corrected chi connectivity index (χ1v) is 9.54. The van der Waals surface area contributed by atoms with E-state index in [9.17, 15) is 9.59 Å². The van der Waals surface area contributed by atoms with E-state index in [4.69, 9.17) is 11.6 Å². The average Bonchev–Trinajstić information content (AvgIpc) is 3.42. The van der Waals surface area contributed by atoms with E-state index in [-0.39, 0.29) is 17.2 Å². The third kappa shape index (κ3) is 4.33. The minimum Gasteiger partial charge on any atom is -0.351 e. The molecule has 3 rings (SSSR count). The van der Waals surface area contributed by atoms with Crippen molar-refractivity contribution >= 4 is 29.1 Å². The number of hydrogen-bond donors (Lipinski definition) is 2. The third-order valence-corrected chi connectivity index (χ3v) is 5.22. The molecular weight excluding hydrogens is 360 g/mol. The van der Waals surface area contributed by atoms with Crippen LogP contribution >= 0.6 is 11.6 Å². The van der Waals surface area contributed by atoms with Crippen molar-refractivity contribution in [3.8, 4) is 0 Å². The Morgan fingerprint density at radius 2 is 1.63 bits per heavy atom. The largest absolute Gasteiger partial charge is 0.351 e. The van der Waals surface area contributed by atoms with E-state index in [1.807, 2.05) is 36.4 Å². The molecule has 0 unspecified atom stereocenters. The fourth-order valence-corrected chi connectivity index (χ4v) is 3.25. The normalized spacial score (nSPS) is 15.1. The van der Waals surface area contributed by atoms with Crippen LogP contribution in [-0.4, -0.2) is 11.8 Å². The van der Waals surface area contributed by atoms with E-state index in [0.717, 1.165) is 16.8 Å². The van der Waals surface area contributed by atoms with Gasteiger partial charge in [0.05, 0.1) is 0 Å². The highest BCUT2D eigenvalue weighted by atomic mass is 35.5. The van der Waals surface area contributed by atoms with Gasteiger partial charge in [0.25, 0.3) is 0 Å². The summed E-state index contributed by atoms with van der Waals surface area (Å²) >= 11 is 5.88. The zero-order valence-electron chi connectivity index (χ0n) is 15.9. The predicted molar refractivity (Wildman–Crippen MR) is 109 cm³/mol. The minimum absolute atomic E-state index is 0.0998. The molecular formula is C22H25ClN2O2. The van der Waals surface area contributed by atoms with E-state index in [2.05, 4.69) is 31.4 Å². The molecule has 2 N–H and O–H groups in total. The second-order valence-corrected chi connectivity index (χ2v) is 8.58. The van der Waals surface area contributed by atoms with Crippen LogP contribution in [0.2, 0.25) is 5.02 Å². The van der Waals surface area contributed by atoms with Gasteiger partial charge in [-0.2, -0.15) is 0 Å². The van der Waals surface area contributed by atoms with E-state index < -0.39 is 5.41 Å². The Bertz CT molecular complexity index is 849. The molecule has 2 amide bonds. The average molecular weight is 385 g/mol. The number of amides is 2. The molecule has 142 valence electrons. The van der Waals surface area contributed by atoms with Crippen molar-refractivity contribution in [3.63, 3.8) is 0 Å². The van der Waals surface area contributed by atoms with Crippen LogP contribution in [0, 0.1) is 5.41 Å². The minimum atomic E-state index is -0.961. The number of benzene rings is 2. The number of carbonyl (C=O) groups is 2. The molecule has 2 aromatic rings. The summed E-state index contributed by atoms with van der Waals surface area (Å²) < 4.78 is 0. The molecule has 27 heavy (non-hydrogen) atoms. The standard InChI is InChI=1S/C22H25ClN2O2/c1-21(2,3)17-6-4-5-7-18(17)25-20(27)22(12-13-22)19(26)24-14-15-8-10-16(23)11-9-15/h4-11H,12-14H2,1-3H3,(H,24,26)(H,25,27). The van der Waals surface area contributed by atoms with Gasteiger partial charge in [-0.3, -0.25) is 9.59 Å². The molecule has 1 aliphatic rings. The lowest BCUT2D eigenvalue weighted by molar-refractivity contribution is -0.134. The smallest absolute Gasteiger partial charge is 0.240 e. The summed E-state index contributed by atoms with van der Waals surface area (Å²) in [4.78, 5) is 25.6. The van der Waals surface area contributed by atoms with Gasteiger partial charge < -0.3 is 10.6 Å². The van der Waals surface area contributed by atoms with Crippen molar-refractivity contribution in [1.82, 2.24) is 5.32 Å². The second kappa shape index (κ2) is 7.35. The summed E-state index contributed by atoms with van der Waals surface area (Å²) in [6.07, 6.45) is 1.14. The molecule has 0 aliphatic heterocycles. The fourth-order valence-electron chi connectivity index (χ4n) is 3.12. The first-order valence-electron chi connectivity index (χ1n) is 9.16. The Balaban J connectivity index is 1.68. The van der Waals surface area contributed by atoms with Crippen molar-refractivity contribution in [3.05, 3.63) is 64.7 Å². The van der Waals surface area contributed by atoms with Crippen LogP contribution in [0.4, 0.5) is 5.69 Å². The number of rotatable bonds is 5. The summed E-state index contributed by atoms with van der Waals surface area (Å²) in [6, 6.07) is 15.0. The van der Waals surface area contributed by atoms with Crippen molar-refractivity contribution in [2.45, 2.75) is 45.6 Å². The number of nitrogens with one attached hydrogen (secondary N) is 2. The molecule has 1 fully saturated rings. The number of para-hydroxylation sites is 1. The SMILES string of the molecule is CC(C)(C)c1ccccc1NC(=O)C1(C(=O)NCc2ccc(Cl)cc2)CC1. The quantitative estimate of drug-likeness (QED) is 0.736. The van der Waals surface area contributed by atoms with Gasteiger partial charge in [-0.05, 0) is 47.6 Å². The van der Waals surface area contributed by atoms with Gasteiger partial charge >= 0.3 is 0 Å². The summed E-state index contributed by atoms with van der Waals surface area (Å²) in [5.74, 6) is -0.448. The maximum Gasteiger partial charge on any atom is 0.240 e. The zero-order chi connectivity index (χ0) is 19.7. The van der Waals surface area contributed by atoms with Crippen LogP contribution in [0.25, 0.3) is 0 Å². The lowest BCUT2D eigenvalue weighted by Crippen LogP contribution is -2.40. The van der Waals surface area contributed by atoms with Crippen LogP contribution in [0.3, 0.4) is 0 Å². The van der Waals surface area contributed by atoms with Crippen LogP contribution < -0.4 is 10.6 Å². The second-order valence-electron chi connectivity index (χ2n) is 8.14. The Hall–Kier alpha value is -2.33. The number of anilines is 1. The van der Waals surface area contributed by atoms with Gasteiger partial charge in [0.1, 0.15) is 5.41 Å². The highest BCUT2D eigenvalue weighted by molar-refractivity contribution is 6.30. The van der Waals surface area contributed by atoms with E-state index in [1.54, 1.807) is 12.1 Å². The predicted octanol–water partition coefficient (Wildman–Crippen LogP) is 4.67. The molecule has 2 aromatic carbocycles. The molecule has 0 heterocycles. The molecule has 0 radical (unpaired) electrons. The number of halogens is 1. The van der Waals surface area contributed by atoms with Crippen LogP contribution in [0.5, 0.6) is 0 Å². The van der Waals surface area contributed by atoms with E-state index in [0.29, 0.717) is 24.4 Å². The first kappa shape index (κ1) is 19.4. The van der Waals surface area contributed by atoms with Crippen LogP contribution in [0.1, 0.15) is 44.7 Å². The van der Waals surface area contributed by atoms with Gasteiger partial charge in [0.15, 0.2) is 0 Å². The van der Waals surface area contributed by atoms with Crippen LogP contribution in [0.15, 0.2) is 48.5 Å². The Morgan fingerprint density at radius 1 is 1.00 bits per heavy atom. The van der Waals surface area contributed by atoms with E-state index in [1.165, 1.54) is 0 Å². The monoisotopic (exact) mass is 384 g/mol. The van der Waals surface area contributed by atoms with E-state index >= 15 is 0 Å². The molecule has 1 aliphatic carbocycles. The Labute approximate surface area is 165 Å². The third-order valence-electron chi connectivity index (χ3n) is 4.97. The summed E-state index contributed by atoms with van der Waals surface area (Å²) in [6.45, 7) is 6.68. The molecule has 1 saturated carbocycles. The van der Waals surface area contributed by atoms with Crippen molar-refractivity contribution in [2.75, 3.05) is 5.32 Å². The lowest BCUT2D eigenvalue weighted by Gasteiger charge is -2.24. The van der Waals surface area contributed by atoms with Gasteiger partial charge in [-0.1, -0.05) is 62.7 Å². The molecule has 0 atom stereocenters. The van der Waals surface area contributed by atoms with Crippen molar-refractivity contribution in [2.24, 2.45) is 5.41 Å². The summed E-state index contributed by atoms with van der Waals surface area (Å²) in [5.41, 5.74) is 1.71. The Morgan fingerprint density at radius 3 is 2.22 bits per heavy atom. The van der Waals surface area contributed by atoms with Crippen molar-refractivity contribution < 1.29 is 9.59 Å². The molecule has 0 spiro atoms. The van der Waals surface area contributed by atoms with Crippen LogP contribution in [-0.2, 0) is 21.5 Å². The topological polar surface area (TPSA) is 58.2 Å². The van der Waals surface area contributed by atoms with Gasteiger partial charge in [-0.25, -0.2) is 0 Å². The van der Waals surface area contributed by atoms with Gasteiger partial charge in [0.2, 0.25) is 11.8 Å². The molecule has 5 heteroatoms. The zero-order valence-corrected chi connectivity index (χ0v) is 16.7. The molecule has 4 nitrogen and oxygen atoms in total. The lowest BCUT2D eigenvalue weighted by atomic mass is 9.85. The van der Waals surface area contributed by atoms with Crippen molar-refractivity contribution in [1.29, 1.82) is 0 Å². The maximum absolute atomic E-state index is 12.9. The van der Waals surface area contributed by atoms with Gasteiger partial charge in [0, 0.05) is 17.3 Å². The number of carbonyl (C=O) groups excluding carboxylic acids is 2. The number of hydrogen-bond acceptors (Lipinski definition) is 2. The molecule has 0 bridgehead atoms. The summed E-state index contributed by atoms with van der Waals surface area (Å²) in [7, 11) is 0.